The van der Waals surface area contributed by atoms with Crippen LogP contribution in [0.1, 0.15) is 17.4 Å². The highest BCUT2D eigenvalue weighted by Gasteiger charge is 2.23. The molecule has 0 amide bonds. The molecular weight excluding hydrogens is 234 g/mol. The number of benzene rings is 1. The van der Waals surface area contributed by atoms with Crippen LogP contribution in [0, 0.1) is 6.92 Å². The molecule has 3 nitrogen and oxygen atoms in total. The molecule has 17 heavy (non-hydrogen) atoms. The van der Waals surface area contributed by atoms with Crippen molar-refractivity contribution in [2.75, 3.05) is 5.75 Å². The SMILES string of the molecule is Cc1c(C(O)C(O)CS)c2ccccc2n1C. The van der Waals surface area contributed by atoms with Gasteiger partial charge in [-0.2, -0.15) is 12.6 Å². The van der Waals surface area contributed by atoms with Crippen LogP contribution >= 0.6 is 12.6 Å². The van der Waals surface area contributed by atoms with Crippen molar-refractivity contribution in [3.63, 3.8) is 0 Å². The summed E-state index contributed by atoms with van der Waals surface area (Å²) in [5.74, 6) is 0.240. The van der Waals surface area contributed by atoms with Crippen molar-refractivity contribution in [2.24, 2.45) is 7.05 Å². The minimum absolute atomic E-state index is 0.240. The van der Waals surface area contributed by atoms with Crippen molar-refractivity contribution in [1.29, 1.82) is 0 Å². The van der Waals surface area contributed by atoms with E-state index in [1.807, 2.05) is 42.8 Å². The van der Waals surface area contributed by atoms with Gasteiger partial charge in [0.05, 0.1) is 6.10 Å². The first-order valence-electron chi connectivity index (χ1n) is 5.58. The number of hydrogen-bond donors (Lipinski definition) is 3. The maximum Gasteiger partial charge on any atom is 0.108 e. The number of nitrogens with zero attached hydrogens (tertiary/aromatic N) is 1. The first-order chi connectivity index (χ1) is 8.07. The van der Waals surface area contributed by atoms with Gasteiger partial charge in [-0.15, -0.1) is 0 Å². The minimum atomic E-state index is -0.890. The summed E-state index contributed by atoms with van der Waals surface area (Å²) in [5, 5.41) is 20.9. The topological polar surface area (TPSA) is 45.4 Å². The third-order valence-electron chi connectivity index (χ3n) is 3.30. The average Bonchev–Trinajstić information content (AvgIpc) is 2.61. The maximum absolute atomic E-state index is 10.2. The van der Waals surface area contributed by atoms with Crippen LogP contribution in [0.4, 0.5) is 0 Å². The highest BCUT2D eigenvalue weighted by molar-refractivity contribution is 7.80. The molecular formula is C13H17NO2S. The smallest absolute Gasteiger partial charge is 0.108 e. The second kappa shape index (κ2) is 4.72. The first-order valence-corrected chi connectivity index (χ1v) is 6.22. The van der Waals surface area contributed by atoms with Crippen LogP contribution in [-0.2, 0) is 7.05 Å². The summed E-state index contributed by atoms with van der Waals surface area (Å²) < 4.78 is 2.03. The van der Waals surface area contributed by atoms with Gasteiger partial charge in [-0.05, 0) is 13.0 Å². The van der Waals surface area contributed by atoms with Gasteiger partial charge in [0.15, 0.2) is 0 Å². The Balaban J connectivity index is 2.64. The fraction of sp³-hybridized carbons (Fsp3) is 0.385. The van der Waals surface area contributed by atoms with Gasteiger partial charge in [0.25, 0.3) is 0 Å². The fourth-order valence-electron chi connectivity index (χ4n) is 2.22. The second-order valence-corrected chi connectivity index (χ2v) is 4.64. The molecule has 2 rings (SSSR count). The Morgan fingerprint density at radius 3 is 2.59 bits per heavy atom. The Morgan fingerprint density at radius 2 is 1.94 bits per heavy atom. The number of fused-ring (bicyclic) bond motifs is 1. The largest absolute Gasteiger partial charge is 0.389 e. The number of aliphatic hydroxyl groups excluding tert-OH is 2. The van der Waals surface area contributed by atoms with E-state index in [0.29, 0.717) is 0 Å². The molecule has 0 radical (unpaired) electrons. The zero-order chi connectivity index (χ0) is 12.6. The summed E-state index contributed by atoms with van der Waals surface area (Å²) in [5.41, 5.74) is 2.83. The second-order valence-electron chi connectivity index (χ2n) is 4.27. The average molecular weight is 251 g/mol. The third kappa shape index (κ3) is 1.97. The normalized spacial score (nSPS) is 15.1. The Labute approximate surface area is 106 Å². The van der Waals surface area contributed by atoms with Crippen molar-refractivity contribution in [1.82, 2.24) is 4.57 Å². The van der Waals surface area contributed by atoms with Crippen LogP contribution in [-0.4, -0.2) is 26.6 Å². The lowest BCUT2D eigenvalue weighted by molar-refractivity contribution is 0.0342. The molecule has 4 heteroatoms. The van der Waals surface area contributed by atoms with Gasteiger partial charge in [0.1, 0.15) is 6.10 Å². The van der Waals surface area contributed by atoms with Gasteiger partial charge >= 0.3 is 0 Å². The Kier molecular flexibility index (Phi) is 3.47. The van der Waals surface area contributed by atoms with Gasteiger partial charge in [0, 0.05) is 35.0 Å². The lowest BCUT2D eigenvalue weighted by Gasteiger charge is -2.16. The predicted molar refractivity (Wildman–Crippen MR) is 72.5 cm³/mol. The van der Waals surface area contributed by atoms with E-state index in [9.17, 15) is 10.2 Å². The van der Waals surface area contributed by atoms with E-state index in [-0.39, 0.29) is 5.75 Å². The Morgan fingerprint density at radius 1 is 1.29 bits per heavy atom. The quantitative estimate of drug-likeness (QED) is 0.729. The van der Waals surface area contributed by atoms with Crippen LogP contribution in [0.2, 0.25) is 0 Å². The first kappa shape index (κ1) is 12.5. The lowest BCUT2D eigenvalue weighted by Crippen LogP contribution is -2.20. The van der Waals surface area contributed by atoms with E-state index in [4.69, 9.17) is 0 Å². The summed E-state index contributed by atoms with van der Waals surface area (Å²) in [6.45, 7) is 1.95. The van der Waals surface area contributed by atoms with Crippen molar-refractivity contribution < 1.29 is 10.2 Å². The molecule has 0 saturated carbocycles. The van der Waals surface area contributed by atoms with Crippen molar-refractivity contribution in [3.05, 3.63) is 35.5 Å². The number of hydrogen-bond acceptors (Lipinski definition) is 3. The lowest BCUT2D eigenvalue weighted by atomic mass is 10.0. The number of aromatic nitrogens is 1. The van der Waals surface area contributed by atoms with Crippen molar-refractivity contribution >= 4 is 23.5 Å². The number of rotatable bonds is 3. The van der Waals surface area contributed by atoms with E-state index in [1.54, 1.807) is 0 Å². The number of aryl methyl sites for hydroxylation is 1. The third-order valence-corrected chi connectivity index (χ3v) is 3.67. The van der Waals surface area contributed by atoms with Crippen LogP contribution in [0.25, 0.3) is 10.9 Å². The van der Waals surface area contributed by atoms with Gasteiger partial charge in [0.2, 0.25) is 0 Å². The van der Waals surface area contributed by atoms with Crippen LogP contribution < -0.4 is 0 Å². The van der Waals surface area contributed by atoms with Gasteiger partial charge in [-0.25, -0.2) is 0 Å². The van der Waals surface area contributed by atoms with Crippen LogP contribution in [0.3, 0.4) is 0 Å². The molecule has 92 valence electrons. The number of aliphatic hydroxyl groups is 2. The number of para-hydroxylation sites is 1. The molecule has 0 spiro atoms. The molecule has 0 aliphatic rings. The molecule has 0 bridgehead atoms. The zero-order valence-electron chi connectivity index (χ0n) is 9.96. The maximum atomic E-state index is 10.2. The highest BCUT2D eigenvalue weighted by Crippen LogP contribution is 2.31. The highest BCUT2D eigenvalue weighted by atomic mass is 32.1. The zero-order valence-corrected chi connectivity index (χ0v) is 10.9. The summed E-state index contributed by atoms with van der Waals surface area (Å²) in [6.07, 6.45) is -1.73. The summed E-state index contributed by atoms with van der Waals surface area (Å²) in [7, 11) is 1.96. The standard InChI is InChI=1S/C13H17NO2S/c1-8-12(13(16)11(15)7-17)9-5-3-4-6-10(9)14(8)2/h3-6,11,13,15-17H,7H2,1-2H3. The summed E-state index contributed by atoms with van der Waals surface area (Å²) in [4.78, 5) is 0. The number of thiol groups is 1. The fourth-order valence-corrected chi connectivity index (χ4v) is 2.42. The molecule has 0 aliphatic heterocycles. The molecule has 2 unspecified atom stereocenters. The molecule has 1 aromatic heterocycles. The Bertz CT molecular complexity index is 535. The van der Waals surface area contributed by atoms with Gasteiger partial charge in [-0.3, -0.25) is 0 Å². The van der Waals surface area contributed by atoms with Gasteiger partial charge in [-0.1, -0.05) is 18.2 Å². The van der Waals surface area contributed by atoms with E-state index in [0.717, 1.165) is 22.2 Å². The molecule has 2 atom stereocenters. The molecule has 0 fully saturated rings. The monoisotopic (exact) mass is 251 g/mol. The van der Waals surface area contributed by atoms with Crippen LogP contribution in [0.15, 0.2) is 24.3 Å². The molecule has 0 saturated heterocycles. The molecule has 1 aromatic carbocycles. The van der Waals surface area contributed by atoms with E-state index < -0.39 is 12.2 Å². The predicted octanol–water partition coefficient (Wildman–Crippen LogP) is 1.81. The molecule has 2 aromatic rings. The van der Waals surface area contributed by atoms with E-state index in [1.165, 1.54) is 0 Å². The molecule has 0 aliphatic carbocycles. The van der Waals surface area contributed by atoms with Crippen molar-refractivity contribution in [2.45, 2.75) is 19.1 Å². The van der Waals surface area contributed by atoms with E-state index >= 15 is 0 Å². The van der Waals surface area contributed by atoms with Crippen LogP contribution in [0.5, 0.6) is 0 Å². The molecule has 1 heterocycles. The van der Waals surface area contributed by atoms with Crippen molar-refractivity contribution in [3.8, 4) is 0 Å². The van der Waals surface area contributed by atoms with Gasteiger partial charge < -0.3 is 14.8 Å². The summed E-state index contributed by atoms with van der Waals surface area (Å²) in [6, 6.07) is 7.87. The molecule has 2 N–H and O–H groups in total. The summed E-state index contributed by atoms with van der Waals surface area (Å²) >= 11 is 4.02. The Hall–Kier alpha value is -0.970. The van der Waals surface area contributed by atoms with E-state index in [2.05, 4.69) is 12.6 Å². The minimum Gasteiger partial charge on any atom is -0.389 e.